The van der Waals surface area contributed by atoms with Crippen molar-refractivity contribution in [2.75, 3.05) is 11.9 Å². The second kappa shape index (κ2) is 6.62. The van der Waals surface area contributed by atoms with Gasteiger partial charge in [0.15, 0.2) is 12.2 Å². The number of para-hydroxylation sites is 1. The molecule has 8 heteroatoms. The number of carbonyl (C=O) groups is 2. The lowest BCUT2D eigenvalue weighted by Gasteiger charge is -2.35. The number of urea groups is 1. The third kappa shape index (κ3) is 2.64. The van der Waals surface area contributed by atoms with Crippen LogP contribution in [-0.4, -0.2) is 47.0 Å². The summed E-state index contributed by atoms with van der Waals surface area (Å²) in [5.41, 5.74) is 2.82. The first-order chi connectivity index (χ1) is 14.5. The van der Waals surface area contributed by atoms with E-state index in [0.717, 1.165) is 28.6 Å². The maximum atomic E-state index is 12.6. The molecule has 3 aliphatic heterocycles. The standard InChI is InChI=1S/C22H21N5O3/c1-13-14(2)27-18-19(25(3)22(29)24-20(18)28)23-21(27)26(13)15-9-11-17(12-10-15)30-16-7-5-4-6-8-16/h4-12,18-19H,1-3H3,(H,24,28,29). The summed E-state index contributed by atoms with van der Waals surface area (Å²) in [4.78, 5) is 34.7. The van der Waals surface area contributed by atoms with Gasteiger partial charge in [0.2, 0.25) is 5.96 Å². The molecule has 0 radical (unpaired) electrons. The number of rotatable bonds is 3. The molecule has 5 rings (SSSR count). The topological polar surface area (TPSA) is 77.5 Å². The normalized spacial score (nSPS) is 22.8. The van der Waals surface area contributed by atoms with Crippen LogP contribution in [0.4, 0.5) is 10.5 Å². The SMILES string of the molecule is CC1=C(C)N2C(=NC3C2C(=O)NC(=O)N3C)N1c1ccc(Oc2ccccc2)cc1. The number of aliphatic imine (C=N–C) groups is 1. The Balaban J connectivity index is 1.46. The minimum Gasteiger partial charge on any atom is -0.457 e. The fourth-order valence-electron chi connectivity index (χ4n) is 4.05. The minimum atomic E-state index is -0.566. The van der Waals surface area contributed by atoms with E-state index < -0.39 is 18.2 Å². The molecule has 1 fully saturated rings. The van der Waals surface area contributed by atoms with Crippen LogP contribution in [0.15, 0.2) is 71.0 Å². The fraction of sp³-hybridized carbons (Fsp3) is 0.227. The number of amides is 3. The number of likely N-dealkylation sites (N-methyl/N-ethyl adjacent to an activating group) is 1. The Morgan fingerprint density at radius 3 is 2.30 bits per heavy atom. The molecule has 0 aromatic heterocycles. The lowest BCUT2D eigenvalue weighted by atomic mass is 10.1. The average Bonchev–Trinajstić information content (AvgIpc) is 3.24. The Morgan fingerprint density at radius 1 is 0.933 bits per heavy atom. The molecule has 2 atom stereocenters. The van der Waals surface area contributed by atoms with Gasteiger partial charge >= 0.3 is 6.03 Å². The lowest BCUT2D eigenvalue weighted by molar-refractivity contribution is -0.126. The van der Waals surface area contributed by atoms with Gasteiger partial charge in [0.1, 0.15) is 11.5 Å². The molecular formula is C22H21N5O3. The Morgan fingerprint density at radius 2 is 1.60 bits per heavy atom. The molecule has 2 aromatic carbocycles. The minimum absolute atomic E-state index is 0.331. The highest BCUT2D eigenvalue weighted by molar-refractivity contribution is 6.10. The maximum Gasteiger partial charge on any atom is 0.325 e. The summed E-state index contributed by atoms with van der Waals surface area (Å²) in [7, 11) is 1.65. The van der Waals surface area contributed by atoms with Crippen LogP contribution in [0.2, 0.25) is 0 Å². The highest BCUT2D eigenvalue weighted by atomic mass is 16.5. The van der Waals surface area contributed by atoms with Crippen molar-refractivity contribution in [1.82, 2.24) is 15.1 Å². The average molecular weight is 403 g/mol. The van der Waals surface area contributed by atoms with Crippen molar-refractivity contribution < 1.29 is 14.3 Å². The number of imide groups is 1. The second-order valence-electron chi connectivity index (χ2n) is 7.48. The molecule has 3 heterocycles. The van der Waals surface area contributed by atoms with E-state index in [2.05, 4.69) is 5.32 Å². The van der Waals surface area contributed by atoms with Crippen molar-refractivity contribution in [2.45, 2.75) is 26.1 Å². The number of hydrogen-bond donors (Lipinski definition) is 1. The van der Waals surface area contributed by atoms with Gasteiger partial charge in [0.25, 0.3) is 5.91 Å². The van der Waals surface area contributed by atoms with E-state index in [1.807, 2.05) is 78.2 Å². The second-order valence-corrected chi connectivity index (χ2v) is 7.48. The molecule has 0 aliphatic carbocycles. The van der Waals surface area contributed by atoms with Crippen LogP contribution in [0, 0.1) is 0 Å². The molecule has 1 N–H and O–H groups in total. The number of carbonyl (C=O) groups excluding carboxylic acids is 2. The largest absolute Gasteiger partial charge is 0.457 e. The Hall–Kier alpha value is -3.81. The van der Waals surface area contributed by atoms with Gasteiger partial charge in [0, 0.05) is 24.1 Å². The highest BCUT2D eigenvalue weighted by Crippen LogP contribution is 2.39. The zero-order valence-corrected chi connectivity index (χ0v) is 16.9. The predicted octanol–water partition coefficient (Wildman–Crippen LogP) is 3.10. The molecule has 0 bridgehead atoms. The van der Waals surface area contributed by atoms with Gasteiger partial charge < -0.3 is 9.64 Å². The number of hydrogen-bond acceptors (Lipinski definition) is 6. The monoisotopic (exact) mass is 403 g/mol. The number of allylic oxidation sites excluding steroid dienone is 2. The van der Waals surface area contributed by atoms with Crippen LogP contribution in [0.25, 0.3) is 0 Å². The molecule has 2 aromatic rings. The third-order valence-corrected chi connectivity index (χ3v) is 5.73. The van der Waals surface area contributed by atoms with Crippen LogP contribution in [0.3, 0.4) is 0 Å². The quantitative estimate of drug-likeness (QED) is 0.852. The van der Waals surface area contributed by atoms with Crippen LogP contribution in [0.1, 0.15) is 13.8 Å². The van der Waals surface area contributed by atoms with E-state index in [9.17, 15) is 9.59 Å². The Bertz CT molecular complexity index is 1090. The van der Waals surface area contributed by atoms with Crippen LogP contribution >= 0.6 is 0 Å². The van der Waals surface area contributed by atoms with Gasteiger partial charge in [-0.1, -0.05) is 18.2 Å². The molecular weight excluding hydrogens is 382 g/mol. The van der Waals surface area contributed by atoms with Crippen LogP contribution in [0.5, 0.6) is 11.5 Å². The first kappa shape index (κ1) is 18.2. The smallest absolute Gasteiger partial charge is 0.325 e. The van der Waals surface area contributed by atoms with Gasteiger partial charge in [-0.2, -0.15) is 0 Å². The molecule has 0 spiro atoms. The molecule has 152 valence electrons. The molecule has 2 unspecified atom stereocenters. The van der Waals surface area contributed by atoms with E-state index in [1.165, 1.54) is 4.90 Å². The summed E-state index contributed by atoms with van der Waals surface area (Å²) < 4.78 is 5.88. The summed E-state index contributed by atoms with van der Waals surface area (Å²) in [5.74, 6) is 1.81. The number of ether oxygens (including phenoxy) is 1. The van der Waals surface area contributed by atoms with Gasteiger partial charge in [-0.25, -0.2) is 9.79 Å². The number of nitrogens with zero attached hydrogens (tertiary/aromatic N) is 4. The van der Waals surface area contributed by atoms with E-state index >= 15 is 0 Å². The number of anilines is 1. The number of fused-ring (bicyclic) bond motifs is 3. The van der Waals surface area contributed by atoms with Crippen molar-refractivity contribution in [1.29, 1.82) is 0 Å². The van der Waals surface area contributed by atoms with E-state index in [4.69, 9.17) is 9.73 Å². The van der Waals surface area contributed by atoms with Gasteiger partial charge in [0.05, 0.1) is 0 Å². The zero-order chi connectivity index (χ0) is 21.0. The molecule has 0 saturated carbocycles. The summed E-state index contributed by atoms with van der Waals surface area (Å²) in [6.07, 6.45) is -0.549. The van der Waals surface area contributed by atoms with Crippen LogP contribution < -0.4 is 15.0 Å². The van der Waals surface area contributed by atoms with Crippen molar-refractivity contribution in [3.63, 3.8) is 0 Å². The summed E-state index contributed by atoms with van der Waals surface area (Å²) in [6, 6.07) is 16.3. The first-order valence-corrected chi connectivity index (χ1v) is 9.71. The van der Waals surface area contributed by atoms with E-state index in [1.54, 1.807) is 7.05 Å². The predicted molar refractivity (Wildman–Crippen MR) is 112 cm³/mol. The molecule has 8 nitrogen and oxygen atoms in total. The zero-order valence-electron chi connectivity index (χ0n) is 16.9. The van der Waals surface area contributed by atoms with Crippen LogP contribution in [-0.2, 0) is 4.79 Å². The number of benzene rings is 2. The summed E-state index contributed by atoms with van der Waals surface area (Å²) in [5, 5.41) is 2.41. The van der Waals surface area contributed by atoms with Gasteiger partial charge in [-0.3, -0.25) is 19.9 Å². The fourth-order valence-corrected chi connectivity index (χ4v) is 4.05. The first-order valence-electron chi connectivity index (χ1n) is 9.71. The van der Waals surface area contributed by atoms with Crippen molar-refractivity contribution >= 4 is 23.6 Å². The van der Waals surface area contributed by atoms with E-state index in [-0.39, 0.29) is 5.91 Å². The van der Waals surface area contributed by atoms with Crippen molar-refractivity contribution in [2.24, 2.45) is 4.99 Å². The van der Waals surface area contributed by atoms with Crippen molar-refractivity contribution in [3.05, 3.63) is 66.0 Å². The van der Waals surface area contributed by atoms with Gasteiger partial charge in [-0.15, -0.1) is 0 Å². The molecule has 1 saturated heterocycles. The lowest BCUT2D eigenvalue weighted by Crippen LogP contribution is -2.63. The van der Waals surface area contributed by atoms with E-state index in [0.29, 0.717) is 5.96 Å². The Kier molecular flexibility index (Phi) is 4.02. The number of nitrogens with one attached hydrogen (secondary N) is 1. The highest BCUT2D eigenvalue weighted by Gasteiger charge is 2.53. The third-order valence-electron chi connectivity index (χ3n) is 5.73. The molecule has 30 heavy (non-hydrogen) atoms. The molecule has 3 aliphatic rings. The Labute approximate surface area is 174 Å². The molecule has 3 amide bonds. The summed E-state index contributed by atoms with van der Waals surface area (Å²) >= 11 is 0. The summed E-state index contributed by atoms with van der Waals surface area (Å²) in [6.45, 7) is 3.96. The maximum absolute atomic E-state index is 12.6. The van der Waals surface area contributed by atoms with Gasteiger partial charge in [-0.05, 0) is 50.2 Å². The number of guanidine groups is 1. The van der Waals surface area contributed by atoms with Crippen molar-refractivity contribution in [3.8, 4) is 11.5 Å².